The zero-order valence-electron chi connectivity index (χ0n) is 12.3. The quantitative estimate of drug-likeness (QED) is 0.791. The van der Waals surface area contributed by atoms with Gasteiger partial charge in [0.1, 0.15) is 11.5 Å². The van der Waals surface area contributed by atoms with Crippen molar-refractivity contribution in [3.63, 3.8) is 0 Å². The van der Waals surface area contributed by atoms with Crippen molar-refractivity contribution in [1.82, 2.24) is 0 Å². The summed E-state index contributed by atoms with van der Waals surface area (Å²) in [4.78, 5) is 11.5. The molecule has 2 aromatic rings. The number of aliphatic carboxylic acids is 1. The van der Waals surface area contributed by atoms with Gasteiger partial charge in [-0.2, -0.15) is 13.2 Å². The lowest BCUT2D eigenvalue weighted by atomic mass is 10.2. The molecule has 24 heavy (non-hydrogen) atoms. The Bertz CT molecular complexity index is 734. The van der Waals surface area contributed by atoms with Gasteiger partial charge < -0.3 is 14.6 Å². The number of hydrogen-bond acceptors (Lipinski definition) is 3. The van der Waals surface area contributed by atoms with E-state index in [-0.39, 0.29) is 16.5 Å². The second kappa shape index (κ2) is 6.60. The molecule has 0 fully saturated rings. The van der Waals surface area contributed by atoms with Crippen LogP contribution in [0.25, 0.3) is 0 Å². The first-order valence-corrected chi connectivity index (χ1v) is 7.03. The molecule has 128 valence electrons. The van der Waals surface area contributed by atoms with E-state index in [0.717, 1.165) is 19.1 Å². The number of carbonyl (C=O) groups is 1. The molecule has 0 spiro atoms. The molecule has 8 heteroatoms. The Morgan fingerprint density at radius 2 is 1.71 bits per heavy atom. The SMILES string of the molecule is CC(Oc1ccccc1)(Oc1ccc(C(F)(F)F)cc1Cl)C(=O)O. The minimum absolute atomic E-state index is 0.213. The van der Waals surface area contributed by atoms with Gasteiger partial charge in [0, 0.05) is 6.92 Å². The van der Waals surface area contributed by atoms with Crippen molar-refractivity contribution in [2.45, 2.75) is 18.9 Å². The topological polar surface area (TPSA) is 55.8 Å². The highest BCUT2D eigenvalue weighted by Crippen LogP contribution is 2.36. The monoisotopic (exact) mass is 360 g/mol. The zero-order chi connectivity index (χ0) is 18.0. The van der Waals surface area contributed by atoms with Crippen LogP contribution in [0.4, 0.5) is 13.2 Å². The van der Waals surface area contributed by atoms with Gasteiger partial charge in [-0.3, -0.25) is 0 Å². The van der Waals surface area contributed by atoms with Crippen LogP contribution in [0.1, 0.15) is 12.5 Å². The van der Waals surface area contributed by atoms with Crippen molar-refractivity contribution in [2.24, 2.45) is 0 Å². The van der Waals surface area contributed by atoms with Gasteiger partial charge in [0.15, 0.2) is 0 Å². The average Bonchev–Trinajstić information content (AvgIpc) is 2.49. The number of ether oxygens (including phenoxy) is 2. The smallest absolute Gasteiger partial charge is 0.416 e. The first-order chi connectivity index (χ1) is 11.1. The van der Waals surface area contributed by atoms with Crippen LogP contribution in [0.15, 0.2) is 48.5 Å². The highest BCUT2D eigenvalue weighted by molar-refractivity contribution is 6.32. The molecule has 0 radical (unpaired) electrons. The van der Waals surface area contributed by atoms with Crippen LogP contribution < -0.4 is 9.47 Å². The fourth-order valence-electron chi connectivity index (χ4n) is 1.79. The molecule has 1 N–H and O–H groups in total. The number of para-hydroxylation sites is 1. The third-order valence-electron chi connectivity index (χ3n) is 3.01. The van der Waals surface area contributed by atoms with E-state index < -0.39 is 23.5 Å². The molecule has 0 bridgehead atoms. The number of rotatable bonds is 5. The highest BCUT2D eigenvalue weighted by atomic mass is 35.5. The highest BCUT2D eigenvalue weighted by Gasteiger charge is 2.40. The first kappa shape index (κ1) is 17.9. The van der Waals surface area contributed by atoms with Crippen LogP contribution in [-0.2, 0) is 11.0 Å². The van der Waals surface area contributed by atoms with Gasteiger partial charge in [-0.25, -0.2) is 4.79 Å². The van der Waals surface area contributed by atoms with E-state index in [0.29, 0.717) is 6.07 Å². The molecule has 0 aliphatic rings. The lowest BCUT2D eigenvalue weighted by molar-refractivity contribution is -0.181. The van der Waals surface area contributed by atoms with E-state index in [1.165, 1.54) is 12.1 Å². The summed E-state index contributed by atoms with van der Waals surface area (Å²) in [6, 6.07) is 10.3. The summed E-state index contributed by atoms with van der Waals surface area (Å²) >= 11 is 5.78. The van der Waals surface area contributed by atoms with Crippen molar-refractivity contribution in [3.8, 4) is 11.5 Å². The van der Waals surface area contributed by atoms with Gasteiger partial charge in [-0.15, -0.1) is 0 Å². The van der Waals surface area contributed by atoms with Crippen LogP contribution in [0.2, 0.25) is 5.02 Å². The normalized spacial score (nSPS) is 13.9. The summed E-state index contributed by atoms with van der Waals surface area (Å²) in [7, 11) is 0. The number of carboxylic acid groups (broad SMARTS) is 1. The van der Waals surface area contributed by atoms with Crippen molar-refractivity contribution < 1.29 is 32.5 Å². The predicted octanol–water partition coefficient (Wildman–Crippen LogP) is 4.62. The summed E-state index contributed by atoms with van der Waals surface area (Å²) in [6.07, 6.45) is -4.57. The molecule has 0 saturated heterocycles. The van der Waals surface area contributed by atoms with Crippen LogP contribution in [0.5, 0.6) is 11.5 Å². The molecular formula is C16H12ClF3O4. The second-order valence-electron chi connectivity index (χ2n) is 4.91. The van der Waals surface area contributed by atoms with Crippen LogP contribution in [0.3, 0.4) is 0 Å². The third-order valence-corrected chi connectivity index (χ3v) is 3.30. The van der Waals surface area contributed by atoms with Gasteiger partial charge in [-0.05, 0) is 30.3 Å². The van der Waals surface area contributed by atoms with Crippen molar-refractivity contribution in [3.05, 3.63) is 59.1 Å². The predicted molar refractivity (Wildman–Crippen MR) is 80.2 cm³/mol. The molecule has 0 aromatic heterocycles. The van der Waals surface area contributed by atoms with E-state index >= 15 is 0 Å². The van der Waals surface area contributed by atoms with E-state index in [1.54, 1.807) is 18.2 Å². The van der Waals surface area contributed by atoms with Crippen molar-refractivity contribution in [1.29, 1.82) is 0 Å². The Kier molecular flexibility index (Phi) is 4.94. The Hall–Kier alpha value is -2.41. The standard InChI is InChI=1S/C16H12ClF3O4/c1-15(14(21)22,23-11-5-3-2-4-6-11)24-13-8-7-10(9-12(13)17)16(18,19)20/h2-9H,1H3,(H,21,22). The summed E-state index contributed by atoms with van der Waals surface area (Å²) in [5, 5.41) is 8.98. The third kappa shape index (κ3) is 4.11. The molecule has 0 amide bonds. The van der Waals surface area contributed by atoms with Crippen molar-refractivity contribution >= 4 is 17.6 Å². The first-order valence-electron chi connectivity index (χ1n) is 6.65. The minimum atomic E-state index is -4.57. The van der Waals surface area contributed by atoms with E-state index in [4.69, 9.17) is 21.1 Å². The largest absolute Gasteiger partial charge is 0.475 e. The maximum Gasteiger partial charge on any atom is 0.416 e. The molecule has 0 aliphatic carbocycles. The Labute approximate surface area is 140 Å². The van der Waals surface area contributed by atoms with Crippen LogP contribution in [-0.4, -0.2) is 16.9 Å². The van der Waals surface area contributed by atoms with Crippen molar-refractivity contribution in [2.75, 3.05) is 0 Å². The van der Waals surface area contributed by atoms with E-state index in [1.807, 2.05) is 0 Å². The van der Waals surface area contributed by atoms with Gasteiger partial charge in [0.25, 0.3) is 0 Å². The maximum atomic E-state index is 12.6. The molecule has 4 nitrogen and oxygen atoms in total. The summed E-state index contributed by atoms with van der Waals surface area (Å²) < 4.78 is 48.5. The molecule has 0 aliphatic heterocycles. The van der Waals surface area contributed by atoms with Gasteiger partial charge in [0.05, 0.1) is 10.6 Å². The van der Waals surface area contributed by atoms with E-state index in [9.17, 15) is 23.1 Å². The van der Waals surface area contributed by atoms with Crippen LogP contribution >= 0.6 is 11.6 Å². The molecule has 1 atom stereocenters. The second-order valence-corrected chi connectivity index (χ2v) is 5.32. The number of carboxylic acids is 1. The molecule has 1 unspecified atom stereocenters. The molecule has 2 rings (SSSR count). The van der Waals surface area contributed by atoms with Gasteiger partial charge in [0.2, 0.25) is 0 Å². The fourth-order valence-corrected chi connectivity index (χ4v) is 2.01. The van der Waals surface area contributed by atoms with E-state index in [2.05, 4.69) is 0 Å². The lowest BCUT2D eigenvalue weighted by Crippen LogP contribution is -2.47. The number of benzene rings is 2. The summed E-state index contributed by atoms with van der Waals surface area (Å²) in [6.45, 7) is 1.12. The number of halogens is 4. The van der Waals surface area contributed by atoms with Crippen LogP contribution in [0, 0.1) is 0 Å². The zero-order valence-corrected chi connectivity index (χ0v) is 13.1. The molecule has 2 aromatic carbocycles. The summed E-state index contributed by atoms with van der Waals surface area (Å²) in [5.41, 5.74) is -0.971. The molecule has 0 saturated carbocycles. The Balaban J connectivity index is 2.29. The Morgan fingerprint density at radius 3 is 2.21 bits per heavy atom. The number of hydrogen-bond donors (Lipinski definition) is 1. The van der Waals surface area contributed by atoms with Gasteiger partial charge >= 0.3 is 17.9 Å². The maximum absolute atomic E-state index is 12.6. The number of alkyl halides is 3. The average molecular weight is 361 g/mol. The molecule has 0 heterocycles. The lowest BCUT2D eigenvalue weighted by Gasteiger charge is -2.27. The fraction of sp³-hybridized carbons (Fsp3) is 0.188. The van der Waals surface area contributed by atoms with Gasteiger partial charge in [-0.1, -0.05) is 29.8 Å². The molecular weight excluding hydrogens is 349 g/mol. The summed E-state index contributed by atoms with van der Waals surface area (Å²) in [5.74, 6) is -3.68. The minimum Gasteiger partial charge on any atom is -0.475 e. The Morgan fingerprint density at radius 1 is 1.08 bits per heavy atom.